The first-order valence-electron chi connectivity index (χ1n) is 13.0. The maximum Gasteiger partial charge on any atom is 0.303 e. The largest absolute Gasteiger partial charge is 0.481 e. The van der Waals surface area contributed by atoms with E-state index in [1.807, 2.05) is 49.4 Å². The molecule has 0 bridgehead atoms. The van der Waals surface area contributed by atoms with Crippen LogP contribution in [-0.2, 0) is 11.3 Å². The lowest BCUT2D eigenvalue weighted by atomic mass is 9.77. The summed E-state index contributed by atoms with van der Waals surface area (Å²) in [7, 11) is 0. The number of hydrogen-bond donors (Lipinski definition) is 2. The molecule has 0 aliphatic heterocycles. The van der Waals surface area contributed by atoms with Crippen LogP contribution in [0.3, 0.4) is 0 Å². The number of aliphatic carboxylic acids is 1. The van der Waals surface area contributed by atoms with E-state index >= 15 is 0 Å². The van der Waals surface area contributed by atoms with Crippen LogP contribution >= 0.6 is 0 Å². The Balaban J connectivity index is 1.31. The third kappa shape index (κ3) is 5.88. The van der Waals surface area contributed by atoms with Gasteiger partial charge in [-0.2, -0.15) is 0 Å². The molecular formula is C32H32N2O3. The number of fused-ring (bicyclic) bond motifs is 1. The van der Waals surface area contributed by atoms with Gasteiger partial charge in [0.05, 0.1) is 11.1 Å². The highest BCUT2D eigenvalue weighted by molar-refractivity contribution is 6.06. The quantitative estimate of drug-likeness (QED) is 0.294. The predicted octanol–water partition coefficient (Wildman–Crippen LogP) is 6.89. The standard InChI is InChI=1S/C32H32N2O3/c1-21-17-29(32(37)33-20-23-5-3-2-4-6-23)28-16-15-27(19-30(28)34-21)26-13-11-25(12-14-26)24-9-7-22(8-10-24)18-31(35)36/h2-6,11-17,19,22,24H,7-10,18,20H2,1H3,(H,33,37)(H,35,36)/t22-,24-. The Morgan fingerprint density at radius 1 is 0.892 bits per heavy atom. The minimum Gasteiger partial charge on any atom is -0.481 e. The molecule has 1 aliphatic rings. The van der Waals surface area contributed by atoms with Crippen molar-refractivity contribution in [2.24, 2.45) is 5.92 Å². The van der Waals surface area contributed by atoms with Crippen molar-refractivity contribution in [2.75, 3.05) is 0 Å². The second kappa shape index (κ2) is 11.0. The summed E-state index contributed by atoms with van der Waals surface area (Å²) in [4.78, 5) is 28.8. The second-order valence-electron chi connectivity index (χ2n) is 10.1. The molecule has 1 heterocycles. The SMILES string of the molecule is Cc1cc(C(=O)NCc2ccccc2)c2ccc(-c3ccc([C@H]4CC[C@H](CC(=O)O)CC4)cc3)cc2n1. The first kappa shape index (κ1) is 24.7. The van der Waals surface area contributed by atoms with Crippen LogP contribution in [0.25, 0.3) is 22.0 Å². The van der Waals surface area contributed by atoms with Crippen molar-refractivity contribution < 1.29 is 14.7 Å². The van der Waals surface area contributed by atoms with Crippen molar-refractivity contribution in [3.8, 4) is 11.1 Å². The minimum atomic E-state index is -0.687. The number of nitrogens with one attached hydrogen (secondary N) is 1. The number of carbonyl (C=O) groups excluding carboxylic acids is 1. The molecule has 0 atom stereocenters. The van der Waals surface area contributed by atoms with E-state index in [0.717, 1.165) is 59.0 Å². The summed E-state index contributed by atoms with van der Waals surface area (Å²) in [5, 5.41) is 12.9. The number of carboxylic acid groups (broad SMARTS) is 1. The van der Waals surface area contributed by atoms with Crippen molar-refractivity contribution in [3.05, 3.63) is 101 Å². The van der Waals surface area contributed by atoms with Crippen LogP contribution in [-0.4, -0.2) is 22.0 Å². The number of aryl methyl sites for hydroxylation is 1. The summed E-state index contributed by atoms with van der Waals surface area (Å²) in [6.45, 7) is 2.40. The lowest BCUT2D eigenvalue weighted by Crippen LogP contribution is -2.23. The van der Waals surface area contributed by atoms with Crippen molar-refractivity contribution in [1.29, 1.82) is 0 Å². The van der Waals surface area contributed by atoms with E-state index in [1.54, 1.807) is 0 Å². The Labute approximate surface area is 217 Å². The van der Waals surface area contributed by atoms with E-state index in [-0.39, 0.29) is 12.3 Å². The van der Waals surface area contributed by atoms with Crippen LogP contribution in [0.1, 0.15) is 65.2 Å². The molecule has 2 N–H and O–H groups in total. The third-order valence-electron chi connectivity index (χ3n) is 7.50. The van der Waals surface area contributed by atoms with Crippen molar-refractivity contribution in [1.82, 2.24) is 10.3 Å². The number of aromatic nitrogens is 1. The summed E-state index contributed by atoms with van der Waals surface area (Å²) in [6.07, 6.45) is 4.35. The summed E-state index contributed by atoms with van der Waals surface area (Å²) in [5.41, 5.74) is 6.82. The number of nitrogens with zero attached hydrogens (tertiary/aromatic N) is 1. The monoisotopic (exact) mass is 492 g/mol. The number of benzene rings is 3. The van der Waals surface area contributed by atoms with E-state index in [2.05, 4.69) is 41.7 Å². The third-order valence-corrected chi connectivity index (χ3v) is 7.50. The highest BCUT2D eigenvalue weighted by Crippen LogP contribution is 2.37. The fourth-order valence-electron chi connectivity index (χ4n) is 5.50. The Morgan fingerprint density at radius 2 is 1.59 bits per heavy atom. The fraction of sp³-hybridized carbons (Fsp3) is 0.281. The first-order valence-corrected chi connectivity index (χ1v) is 13.0. The Morgan fingerprint density at radius 3 is 2.30 bits per heavy atom. The van der Waals surface area contributed by atoms with E-state index in [9.17, 15) is 9.59 Å². The normalized spacial score (nSPS) is 17.4. The van der Waals surface area contributed by atoms with Gasteiger partial charge >= 0.3 is 5.97 Å². The number of hydrogen-bond acceptors (Lipinski definition) is 3. The zero-order valence-corrected chi connectivity index (χ0v) is 21.1. The first-order chi connectivity index (χ1) is 18.0. The molecule has 0 unspecified atom stereocenters. The van der Waals surface area contributed by atoms with Gasteiger partial charge in [-0.3, -0.25) is 14.6 Å². The van der Waals surface area contributed by atoms with Gasteiger partial charge in [-0.25, -0.2) is 0 Å². The van der Waals surface area contributed by atoms with Gasteiger partial charge in [0.2, 0.25) is 0 Å². The van der Waals surface area contributed by atoms with Crippen LogP contribution < -0.4 is 5.32 Å². The van der Waals surface area contributed by atoms with Gasteiger partial charge in [0.15, 0.2) is 0 Å². The molecule has 1 saturated carbocycles. The summed E-state index contributed by atoms with van der Waals surface area (Å²) < 4.78 is 0. The average molecular weight is 493 g/mol. The average Bonchev–Trinajstić information content (AvgIpc) is 2.91. The number of carbonyl (C=O) groups is 2. The zero-order chi connectivity index (χ0) is 25.8. The van der Waals surface area contributed by atoms with Crippen LogP contribution in [0, 0.1) is 12.8 Å². The van der Waals surface area contributed by atoms with Gasteiger partial charge in [-0.1, -0.05) is 66.7 Å². The lowest BCUT2D eigenvalue weighted by molar-refractivity contribution is -0.138. The van der Waals surface area contributed by atoms with E-state index in [1.165, 1.54) is 5.56 Å². The van der Waals surface area contributed by atoms with Gasteiger partial charge in [0.1, 0.15) is 0 Å². The molecule has 1 aromatic heterocycles. The van der Waals surface area contributed by atoms with Crippen LogP contribution in [0.2, 0.25) is 0 Å². The smallest absolute Gasteiger partial charge is 0.303 e. The number of rotatable bonds is 7. The predicted molar refractivity (Wildman–Crippen MR) is 146 cm³/mol. The summed E-state index contributed by atoms with van der Waals surface area (Å²) >= 11 is 0. The molecule has 1 amide bonds. The molecular weight excluding hydrogens is 460 g/mol. The zero-order valence-electron chi connectivity index (χ0n) is 21.1. The molecule has 5 rings (SSSR count). The van der Waals surface area contributed by atoms with Crippen molar-refractivity contribution in [2.45, 2.75) is 51.5 Å². The Kier molecular flexibility index (Phi) is 7.31. The summed E-state index contributed by atoms with van der Waals surface area (Å²) in [6, 6.07) is 26.6. The molecule has 0 radical (unpaired) electrons. The highest BCUT2D eigenvalue weighted by Gasteiger charge is 2.24. The number of carboxylic acids is 1. The van der Waals surface area contributed by atoms with Crippen molar-refractivity contribution in [3.63, 3.8) is 0 Å². The number of amides is 1. The van der Waals surface area contributed by atoms with Gasteiger partial charge in [0.25, 0.3) is 5.91 Å². The molecule has 0 saturated heterocycles. The van der Waals surface area contributed by atoms with Crippen LogP contribution in [0.5, 0.6) is 0 Å². The summed E-state index contributed by atoms with van der Waals surface area (Å²) in [5.74, 6) is 0.0196. The minimum absolute atomic E-state index is 0.102. The Hall–Kier alpha value is -3.99. The lowest BCUT2D eigenvalue weighted by Gasteiger charge is -2.28. The maximum atomic E-state index is 13.0. The van der Waals surface area contributed by atoms with Crippen LogP contribution in [0.15, 0.2) is 78.9 Å². The molecule has 3 aromatic carbocycles. The van der Waals surface area contributed by atoms with E-state index < -0.39 is 5.97 Å². The van der Waals surface area contributed by atoms with Gasteiger partial charge in [-0.05, 0) is 78.8 Å². The van der Waals surface area contributed by atoms with Gasteiger partial charge in [-0.15, -0.1) is 0 Å². The topological polar surface area (TPSA) is 79.3 Å². The van der Waals surface area contributed by atoms with Crippen LogP contribution in [0.4, 0.5) is 0 Å². The number of pyridine rings is 1. The fourth-order valence-corrected chi connectivity index (χ4v) is 5.50. The van der Waals surface area contributed by atoms with E-state index in [4.69, 9.17) is 10.1 Å². The molecule has 188 valence electrons. The molecule has 4 aromatic rings. The molecule has 0 spiro atoms. The second-order valence-corrected chi connectivity index (χ2v) is 10.1. The van der Waals surface area contributed by atoms with Gasteiger partial charge < -0.3 is 10.4 Å². The highest BCUT2D eigenvalue weighted by atomic mass is 16.4. The van der Waals surface area contributed by atoms with Gasteiger partial charge in [0, 0.05) is 24.0 Å². The Bertz CT molecular complexity index is 1410. The van der Waals surface area contributed by atoms with Crippen molar-refractivity contribution >= 4 is 22.8 Å². The molecule has 5 nitrogen and oxygen atoms in total. The molecule has 1 fully saturated rings. The van der Waals surface area contributed by atoms with E-state index in [0.29, 0.717) is 23.9 Å². The molecule has 37 heavy (non-hydrogen) atoms. The molecule has 5 heteroatoms. The molecule has 1 aliphatic carbocycles. The maximum absolute atomic E-state index is 13.0.